The summed E-state index contributed by atoms with van der Waals surface area (Å²) in [6, 6.07) is 7.34. The van der Waals surface area contributed by atoms with Crippen molar-refractivity contribution in [1.29, 1.82) is 0 Å². The number of pyridine rings is 1. The van der Waals surface area contributed by atoms with Crippen LogP contribution < -0.4 is 10.2 Å². The van der Waals surface area contributed by atoms with Gasteiger partial charge in [-0.15, -0.1) is 11.3 Å². The molecule has 0 aromatic carbocycles. The molecule has 3 heterocycles. The zero-order chi connectivity index (χ0) is 14.8. The van der Waals surface area contributed by atoms with Crippen LogP contribution in [0.4, 0.5) is 11.5 Å². The van der Waals surface area contributed by atoms with Gasteiger partial charge in [-0.1, -0.05) is 11.6 Å². The monoisotopic (exact) mass is 321 g/mol. The highest BCUT2D eigenvalue weighted by molar-refractivity contribution is 7.18. The van der Waals surface area contributed by atoms with E-state index < -0.39 is 0 Å². The molecule has 2 aromatic rings. The lowest BCUT2D eigenvalue weighted by atomic mass is 10.3. The molecule has 0 bridgehead atoms. The van der Waals surface area contributed by atoms with Crippen LogP contribution in [0.2, 0.25) is 4.34 Å². The number of nitrogens with one attached hydrogen (secondary N) is 1. The number of carbonyl (C=O) groups is 1. The Kier molecular flexibility index (Phi) is 4.12. The average Bonchev–Trinajstić information content (AvgIpc) is 3.12. The van der Waals surface area contributed by atoms with Gasteiger partial charge in [-0.2, -0.15) is 0 Å². The van der Waals surface area contributed by atoms with Crippen LogP contribution in [-0.2, 0) is 0 Å². The molecule has 110 valence electrons. The summed E-state index contributed by atoms with van der Waals surface area (Å²) < 4.78 is 0.611. The van der Waals surface area contributed by atoms with Crippen molar-refractivity contribution < 1.29 is 4.79 Å². The molecule has 2 aromatic heterocycles. The van der Waals surface area contributed by atoms with Crippen molar-refractivity contribution in [1.82, 2.24) is 4.98 Å². The summed E-state index contributed by atoms with van der Waals surface area (Å²) in [5.41, 5.74) is 1.57. The molecule has 1 fully saturated rings. The average molecular weight is 322 g/mol. The highest BCUT2D eigenvalue weighted by atomic mass is 35.5. The standard InChI is InChI=1S/C15H16ClN3OS/c1-10-11(18-15(20)12-5-6-13(16)21-12)4-7-14(17-10)19-8-2-3-9-19/h4-7H,2-3,8-9H2,1H3,(H,18,20). The topological polar surface area (TPSA) is 45.2 Å². The van der Waals surface area contributed by atoms with E-state index in [0.717, 1.165) is 30.3 Å². The van der Waals surface area contributed by atoms with Crippen LogP contribution >= 0.6 is 22.9 Å². The predicted molar refractivity (Wildman–Crippen MR) is 87.7 cm³/mol. The van der Waals surface area contributed by atoms with Crippen LogP contribution in [-0.4, -0.2) is 24.0 Å². The van der Waals surface area contributed by atoms with Crippen molar-refractivity contribution in [2.45, 2.75) is 19.8 Å². The van der Waals surface area contributed by atoms with Gasteiger partial charge in [-0.3, -0.25) is 4.79 Å². The number of nitrogens with zero attached hydrogens (tertiary/aromatic N) is 2. The van der Waals surface area contributed by atoms with Gasteiger partial charge in [0, 0.05) is 13.1 Å². The maximum atomic E-state index is 12.1. The van der Waals surface area contributed by atoms with Gasteiger partial charge in [0.15, 0.2) is 0 Å². The molecule has 0 saturated carbocycles. The first kappa shape index (κ1) is 14.4. The summed E-state index contributed by atoms with van der Waals surface area (Å²) in [7, 11) is 0. The second-order valence-electron chi connectivity index (χ2n) is 5.05. The molecule has 0 unspecified atom stereocenters. The van der Waals surface area contributed by atoms with Crippen molar-refractivity contribution in [3.8, 4) is 0 Å². The van der Waals surface area contributed by atoms with Crippen LogP contribution in [0.3, 0.4) is 0 Å². The van der Waals surface area contributed by atoms with Crippen molar-refractivity contribution in [2.75, 3.05) is 23.3 Å². The van der Waals surface area contributed by atoms with Crippen LogP contribution in [0.25, 0.3) is 0 Å². The van der Waals surface area contributed by atoms with Crippen LogP contribution in [0.5, 0.6) is 0 Å². The van der Waals surface area contributed by atoms with Gasteiger partial charge in [0.1, 0.15) is 5.82 Å². The third-order valence-corrected chi connectivity index (χ3v) is 4.78. The summed E-state index contributed by atoms with van der Waals surface area (Å²) in [5, 5.41) is 2.89. The number of amides is 1. The first-order valence-corrected chi connectivity index (χ1v) is 8.12. The van der Waals surface area contributed by atoms with E-state index in [1.165, 1.54) is 24.2 Å². The van der Waals surface area contributed by atoms with Crippen molar-refractivity contribution in [3.05, 3.63) is 39.2 Å². The molecule has 1 aliphatic rings. The fourth-order valence-electron chi connectivity index (χ4n) is 2.42. The lowest BCUT2D eigenvalue weighted by Crippen LogP contribution is -2.19. The Bertz CT molecular complexity index is 665. The molecule has 0 spiro atoms. The normalized spacial score (nSPS) is 14.5. The van der Waals surface area contributed by atoms with Gasteiger partial charge in [0.25, 0.3) is 5.91 Å². The molecule has 1 aliphatic heterocycles. The summed E-state index contributed by atoms with van der Waals surface area (Å²) >= 11 is 7.12. The number of halogens is 1. The molecular formula is C15H16ClN3OS. The largest absolute Gasteiger partial charge is 0.357 e. The van der Waals surface area contributed by atoms with Crippen LogP contribution in [0.15, 0.2) is 24.3 Å². The summed E-state index contributed by atoms with van der Waals surface area (Å²) in [5.74, 6) is 0.841. The molecule has 4 nitrogen and oxygen atoms in total. The van der Waals surface area contributed by atoms with Gasteiger partial charge in [-0.05, 0) is 44.0 Å². The number of aryl methyl sites for hydroxylation is 1. The smallest absolute Gasteiger partial charge is 0.265 e. The highest BCUT2D eigenvalue weighted by Gasteiger charge is 2.15. The lowest BCUT2D eigenvalue weighted by molar-refractivity contribution is 0.103. The number of carbonyl (C=O) groups excluding carboxylic acids is 1. The minimum absolute atomic E-state index is 0.147. The van der Waals surface area contributed by atoms with E-state index in [-0.39, 0.29) is 5.91 Å². The summed E-state index contributed by atoms with van der Waals surface area (Å²) in [6.07, 6.45) is 2.44. The quantitative estimate of drug-likeness (QED) is 0.930. The fraction of sp³-hybridized carbons (Fsp3) is 0.333. The van der Waals surface area contributed by atoms with Crippen molar-refractivity contribution >= 4 is 40.4 Å². The number of hydrogen-bond donors (Lipinski definition) is 1. The Hall–Kier alpha value is -1.59. The number of anilines is 2. The van der Waals surface area contributed by atoms with Crippen molar-refractivity contribution in [3.63, 3.8) is 0 Å². The van der Waals surface area contributed by atoms with Gasteiger partial charge in [0.2, 0.25) is 0 Å². The Balaban J connectivity index is 1.75. The molecule has 3 rings (SSSR count). The van der Waals surface area contributed by atoms with Crippen LogP contribution in [0.1, 0.15) is 28.2 Å². The van der Waals surface area contributed by atoms with E-state index in [1.807, 2.05) is 19.1 Å². The Labute approximate surface area is 132 Å². The lowest BCUT2D eigenvalue weighted by Gasteiger charge is -2.17. The Morgan fingerprint density at radius 3 is 2.67 bits per heavy atom. The molecular weight excluding hydrogens is 306 g/mol. The number of hydrogen-bond acceptors (Lipinski definition) is 4. The molecule has 21 heavy (non-hydrogen) atoms. The second kappa shape index (κ2) is 6.03. The van der Waals surface area contributed by atoms with E-state index in [1.54, 1.807) is 12.1 Å². The van der Waals surface area contributed by atoms with E-state index in [4.69, 9.17) is 11.6 Å². The van der Waals surface area contributed by atoms with Gasteiger partial charge >= 0.3 is 0 Å². The van der Waals surface area contributed by atoms with Gasteiger partial charge in [0.05, 0.1) is 20.6 Å². The highest BCUT2D eigenvalue weighted by Crippen LogP contribution is 2.25. The van der Waals surface area contributed by atoms with Crippen molar-refractivity contribution in [2.24, 2.45) is 0 Å². The molecule has 1 N–H and O–H groups in total. The Morgan fingerprint density at radius 2 is 2.05 bits per heavy atom. The van der Waals surface area contributed by atoms with E-state index in [0.29, 0.717) is 9.21 Å². The third kappa shape index (κ3) is 3.19. The fourth-order valence-corrected chi connectivity index (χ4v) is 3.36. The molecule has 0 radical (unpaired) electrons. The number of rotatable bonds is 3. The summed E-state index contributed by atoms with van der Waals surface area (Å²) in [6.45, 7) is 4.04. The molecule has 1 saturated heterocycles. The maximum absolute atomic E-state index is 12.1. The first-order chi connectivity index (χ1) is 10.1. The van der Waals surface area contributed by atoms with E-state index in [2.05, 4.69) is 15.2 Å². The predicted octanol–water partition coefficient (Wildman–Crippen LogP) is 3.96. The number of aromatic nitrogens is 1. The molecule has 1 amide bonds. The SMILES string of the molecule is Cc1nc(N2CCCC2)ccc1NC(=O)c1ccc(Cl)s1. The van der Waals surface area contributed by atoms with Gasteiger partial charge in [-0.25, -0.2) is 4.98 Å². The Morgan fingerprint density at radius 1 is 1.29 bits per heavy atom. The van der Waals surface area contributed by atoms with Gasteiger partial charge < -0.3 is 10.2 Å². The summed E-state index contributed by atoms with van der Waals surface area (Å²) in [4.78, 5) is 19.6. The molecule has 0 aliphatic carbocycles. The zero-order valence-electron chi connectivity index (χ0n) is 11.7. The number of thiophene rings is 1. The second-order valence-corrected chi connectivity index (χ2v) is 6.77. The first-order valence-electron chi connectivity index (χ1n) is 6.93. The minimum Gasteiger partial charge on any atom is -0.357 e. The molecule has 6 heteroatoms. The van der Waals surface area contributed by atoms with Crippen LogP contribution in [0, 0.1) is 6.92 Å². The maximum Gasteiger partial charge on any atom is 0.265 e. The zero-order valence-corrected chi connectivity index (χ0v) is 13.3. The third-order valence-electron chi connectivity index (χ3n) is 3.55. The van der Waals surface area contributed by atoms with E-state index in [9.17, 15) is 4.79 Å². The molecule has 0 atom stereocenters. The van der Waals surface area contributed by atoms with E-state index >= 15 is 0 Å². The minimum atomic E-state index is -0.147.